The molecular formula is C14H22N4O3. The maximum Gasteiger partial charge on any atom is 0.409 e. The number of carbonyl (C=O) groups is 2. The number of hydrogen-bond acceptors (Lipinski definition) is 4. The van der Waals surface area contributed by atoms with E-state index in [9.17, 15) is 9.59 Å². The molecule has 0 spiro atoms. The third kappa shape index (κ3) is 7.17. The Morgan fingerprint density at radius 2 is 1.86 bits per heavy atom. The number of nitrogens with two attached hydrogens (primary N) is 1. The van der Waals surface area contributed by atoms with E-state index in [1.807, 2.05) is 49.6 Å². The summed E-state index contributed by atoms with van der Waals surface area (Å²) in [4.78, 5) is 23.0. The molecule has 0 heterocycles. The van der Waals surface area contributed by atoms with E-state index in [1.165, 1.54) is 0 Å². The predicted octanol–water partition coefficient (Wildman–Crippen LogP) is 1.46. The van der Waals surface area contributed by atoms with Crippen molar-refractivity contribution in [3.05, 3.63) is 35.9 Å². The smallest absolute Gasteiger partial charge is 0.409 e. The Labute approximate surface area is 124 Å². The lowest BCUT2D eigenvalue weighted by molar-refractivity contribution is 0.132. The molecule has 0 aromatic heterocycles. The molecule has 21 heavy (non-hydrogen) atoms. The van der Waals surface area contributed by atoms with Crippen LogP contribution in [0.3, 0.4) is 0 Å². The maximum atomic E-state index is 11.7. The van der Waals surface area contributed by atoms with Gasteiger partial charge >= 0.3 is 12.1 Å². The van der Waals surface area contributed by atoms with Crippen molar-refractivity contribution in [2.75, 3.05) is 0 Å². The highest BCUT2D eigenvalue weighted by Gasteiger charge is 2.16. The number of alkyl carbamates (subject to hydrolysis) is 1. The van der Waals surface area contributed by atoms with Crippen molar-refractivity contribution in [3.63, 3.8) is 0 Å². The van der Waals surface area contributed by atoms with Gasteiger partial charge in [0.2, 0.25) is 0 Å². The zero-order valence-corrected chi connectivity index (χ0v) is 12.3. The molecule has 0 fully saturated rings. The molecule has 0 aliphatic heterocycles. The average molecular weight is 294 g/mol. The molecule has 3 amide bonds. The van der Waals surface area contributed by atoms with Gasteiger partial charge in [0, 0.05) is 0 Å². The molecule has 0 aliphatic rings. The van der Waals surface area contributed by atoms with Crippen molar-refractivity contribution in [1.82, 2.24) is 16.1 Å². The second-order valence-corrected chi connectivity index (χ2v) is 5.01. The minimum Gasteiger partial charge on any atom is -0.445 e. The van der Waals surface area contributed by atoms with Crippen LogP contribution in [-0.2, 0) is 11.3 Å². The summed E-state index contributed by atoms with van der Waals surface area (Å²) in [6.45, 7) is 4.13. The van der Waals surface area contributed by atoms with Crippen molar-refractivity contribution in [2.24, 2.45) is 11.8 Å². The summed E-state index contributed by atoms with van der Waals surface area (Å²) in [5.41, 5.74) is 2.85. The minimum atomic E-state index is -0.596. The summed E-state index contributed by atoms with van der Waals surface area (Å²) < 4.78 is 5.10. The van der Waals surface area contributed by atoms with Gasteiger partial charge in [0.15, 0.2) is 0 Å². The zero-order chi connectivity index (χ0) is 15.7. The lowest BCUT2D eigenvalue weighted by atomic mass is 10.1. The Balaban J connectivity index is 2.45. The summed E-state index contributed by atoms with van der Waals surface area (Å²) >= 11 is 0. The van der Waals surface area contributed by atoms with Crippen LogP contribution in [0.4, 0.5) is 9.59 Å². The minimum absolute atomic E-state index is 0.171. The highest BCUT2D eigenvalue weighted by molar-refractivity contribution is 5.74. The highest BCUT2D eigenvalue weighted by atomic mass is 16.5. The molecule has 1 aromatic carbocycles. The largest absolute Gasteiger partial charge is 0.445 e. The number of ether oxygens (including phenoxy) is 1. The first-order valence-electron chi connectivity index (χ1n) is 6.75. The Morgan fingerprint density at radius 3 is 2.43 bits per heavy atom. The predicted molar refractivity (Wildman–Crippen MR) is 78.9 cm³/mol. The van der Waals surface area contributed by atoms with Gasteiger partial charge in [-0.2, -0.15) is 0 Å². The molecule has 0 unspecified atom stereocenters. The molecular weight excluding hydrogens is 272 g/mol. The Bertz CT molecular complexity index is 451. The Kier molecular flexibility index (Phi) is 7.03. The van der Waals surface area contributed by atoms with Crippen molar-refractivity contribution in [1.29, 1.82) is 0 Å². The normalized spacial score (nSPS) is 11.6. The number of nitrogens with one attached hydrogen (secondary N) is 3. The van der Waals surface area contributed by atoms with Gasteiger partial charge in [-0.25, -0.2) is 15.4 Å². The van der Waals surface area contributed by atoms with Crippen LogP contribution >= 0.6 is 0 Å². The summed E-state index contributed by atoms with van der Waals surface area (Å²) in [7, 11) is 0. The molecule has 1 atom stereocenters. The molecule has 7 heteroatoms. The van der Waals surface area contributed by atoms with Crippen LogP contribution in [0.2, 0.25) is 0 Å². The van der Waals surface area contributed by atoms with Crippen LogP contribution in [0.5, 0.6) is 0 Å². The second-order valence-electron chi connectivity index (χ2n) is 5.01. The van der Waals surface area contributed by atoms with E-state index in [1.54, 1.807) is 0 Å². The van der Waals surface area contributed by atoms with Crippen molar-refractivity contribution < 1.29 is 14.3 Å². The van der Waals surface area contributed by atoms with E-state index in [0.29, 0.717) is 6.42 Å². The molecule has 1 aromatic rings. The van der Waals surface area contributed by atoms with Crippen LogP contribution < -0.4 is 21.9 Å². The molecule has 1 rings (SSSR count). The molecule has 0 bridgehead atoms. The summed E-state index contributed by atoms with van der Waals surface area (Å²) in [5, 5.41) is 5.14. The van der Waals surface area contributed by atoms with E-state index in [2.05, 4.69) is 10.6 Å². The fraction of sp³-hybridized carbons (Fsp3) is 0.429. The number of benzene rings is 1. The van der Waals surface area contributed by atoms with Gasteiger partial charge in [0.25, 0.3) is 0 Å². The monoisotopic (exact) mass is 294 g/mol. The van der Waals surface area contributed by atoms with Crippen LogP contribution in [0.15, 0.2) is 30.3 Å². The van der Waals surface area contributed by atoms with Gasteiger partial charge in [0.05, 0.1) is 0 Å². The maximum absolute atomic E-state index is 11.7. The van der Waals surface area contributed by atoms with Gasteiger partial charge in [0.1, 0.15) is 12.8 Å². The van der Waals surface area contributed by atoms with Gasteiger partial charge in [-0.3, -0.25) is 5.43 Å². The average Bonchev–Trinajstić information content (AvgIpc) is 2.45. The van der Waals surface area contributed by atoms with E-state index in [4.69, 9.17) is 10.6 Å². The number of carbonyl (C=O) groups excluding carboxylic acids is 2. The van der Waals surface area contributed by atoms with Crippen molar-refractivity contribution in [3.8, 4) is 0 Å². The fourth-order valence-electron chi connectivity index (χ4n) is 1.73. The first kappa shape index (κ1) is 16.8. The lowest BCUT2D eigenvalue weighted by Crippen LogP contribution is -2.53. The number of hydrogen-bond donors (Lipinski definition) is 4. The number of urea groups is 1. The van der Waals surface area contributed by atoms with Crippen LogP contribution in [0, 0.1) is 5.92 Å². The summed E-state index contributed by atoms with van der Waals surface area (Å²) in [6.07, 6.45) is -0.577. The summed E-state index contributed by atoms with van der Waals surface area (Å²) in [5.74, 6) is 5.29. The van der Waals surface area contributed by atoms with Crippen LogP contribution in [0.1, 0.15) is 25.8 Å². The first-order chi connectivity index (χ1) is 10.0. The first-order valence-corrected chi connectivity index (χ1v) is 6.75. The zero-order valence-electron chi connectivity index (χ0n) is 12.3. The quantitative estimate of drug-likeness (QED) is 0.276. The van der Waals surface area contributed by atoms with Gasteiger partial charge < -0.3 is 15.4 Å². The van der Waals surface area contributed by atoms with Crippen molar-refractivity contribution in [2.45, 2.75) is 33.0 Å². The van der Waals surface area contributed by atoms with E-state index < -0.39 is 18.3 Å². The SMILES string of the molecule is CC(C)C[C@@H](NC(=O)NN)NC(=O)OCc1ccccc1. The van der Waals surface area contributed by atoms with E-state index in [-0.39, 0.29) is 12.5 Å². The lowest BCUT2D eigenvalue weighted by Gasteiger charge is -2.21. The molecule has 5 N–H and O–H groups in total. The van der Waals surface area contributed by atoms with Gasteiger partial charge in [-0.05, 0) is 17.9 Å². The van der Waals surface area contributed by atoms with Crippen LogP contribution in [0.25, 0.3) is 0 Å². The van der Waals surface area contributed by atoms with Gasteiger partial charge in [-0.1, -0.05) is 44.2 Å². The molecule has 0 aliphatic carbocycles. The second kappa shape index (κ2) is 8.80. The Morgan fingerprint density at radius 1 is 1.19 bits per heavy atom. The number of rotatable bonds is 6. The molecule has 7 nitrogen and oxygen atoms in total. The van der Waals surface area contributed by atoms with Gasteiger partial charge in [-0.15, -0.1) is 0 Å². The fourth-order valence-corrected chi connectivity index (χ4v) is 1.73. The molecule has 116 valence electrons. The number of hydrazine groups is 1. The van der Waals surface area contributed by atoms with Crippen LogP contribution in [-0.4, -0.2) is 18.3 Å². The molecule has 0 saturated carbocycles. The Hall–Kier alpha value is -2.28. The third-order valence-corrected chi connectivity index (χ3v) is 2.65. The van der Waals surface area contributed by atoms with Crippen molar-refractivity contribution >= 4 is 12.1 Å². The van der Waals surface area contributed by atoms with E-state index >= 15 is 0 Å². The highest BCUT2D eigenvalue weighted by Crippen LogP contribution is 2.04. The molecule has 0 radical (unpaired) electrons. The topological polar surface area (TPSA) is 105 Å². The van der Waals surface area contributed by atoms with E-state index in [0.717, 1.165) is 5.56 Å². The summed E-state index contributed by atoms with van der Waals surface area (Å²) in [6, 6.07) is 8.77. The number of amides is 3. The standard InChI is InChI=1S/C14H22N4O3/c1-10(2)8-12(16-13(19)18-15)17-14(20)21-9-11-6-4-3-5-7-11/h3-7,10,12H,8-9,15H2,1-2H3,(H,17,20)(H2,16,18,19)/t12-/m0/s1. The third-order valence-electron chi connectivity index (χ3n) is 2.65. The molecule has 0 saturated heterocycles.